The summed E-state index contributed by atoms with van der Waals surface area (Å²) in [5, 5.41) is 11.4. The van der Waals surface area contributed by atoms with Gasteiger partial charge in [0.1, 0.15) is 12.4 Å². The number of benzene rings is 1. The van der Waals surface area contributed by atoms with Crippen LogP contribution in [0.15, 0.2) is 18.2 Å². The quantitative estimate of drug-likeness (QED) is 0.787. The minimum Gasteiger partial charge on any atom is -0.384 e. The van der Waals surface area contributed by atoms with E-state index in [2.05, 4.69) is 17.2 Å². The second-order valence-corrected chi connectivity index (χ2v) is 4.43. The van der Waals surface area contributed by atoms with Crippen molar-refractivity contribution in [1.82, 2.24) is 5.32 Å². The van der Waals surface area contributed by atoms with Gasteiger partial charge in [0.2, 0.25) is 0 Å². The highest BCUT2D eigenvalue weighted by atomic mass is 19.1. The summed E-state index contributed by atoms with van der Waals surface area (Å²) in [6, 6.07) is 3.75. The maximum absolute atomic E-state index is 13.3. The van der Waals surface area contributed by atoms with E-state index in [4.69, 9.17) is 14.6 Å². The van der Waals surface area contributed by atoms with Crippen LogP contribution < -0.4 is 5.32 Å². The van der Waals surface area contributed by atoms with Crippen LogP contribution in [0.25, 0.3) is 0 Å². The van der Waals surface area contributed by atoms with E-state index >= 15 is 0 Å². The number of hydrogen-bond acceptors (Lipinski definition) is 4. The van der Waals surface area contributed by atoms with E-state index in [1.54, 1.807) is 0 Å². The molecule has 2 rings (SSSR count). The smallest absolute Gasteiger partial charge is 0.252 e. The van der Waals surface area contributed by atoms with Gasteiger partial charge in [-0.25, -0.2) is 4.39 Å². The van der Waals surface area contributed by atoms with E-state index in [0.29, 0.717) is 25.4 Å². The largest absolute Gasteiger partial charge is 0.384 e. The van der Waals surface area contributed by atoms with Crippen molar-refractivity contribution in [2.45, 2.75) is 6.10 Å². The Hall–Kier alpha value is -1.94. The highest BCUT2D eigenvalue weighted by Gasteiger charge is 2.17. The van der Waals surface area contributed by atoms with Crippen LogP contribution >= 0.6 is 0 Å². The summed E-state index contributed by atoms with van der Waals surface area (Å²) in [7, 11) is 0. The zero-order valence-electron chi connectivity index (χ0n) is 11.4. The van der Waals surface area contributed by atoms with E-state index in [0.717, 1.165) is 6.07 Å². The molecule has 0 bridgehead atoms. The molecule has 1 aliphatic rings. The Morgan fingerprint density at radius 2 is 2.33 bits per heavy atom. The molecule has 0 aromatic heterocycles. The van der Waals surface area contributed by atoms with Gasteiger partial charge in [-0.3, -0.25) is 4.79 Å². The number of nitrogens with one attached hydrogen (secondary N) is 1. The van der Waals surface area contributed by atoms with Gasteiger partial charge in [-0.15, -0.1) is 0 Å². The normalized spacial score (nSPS) is 17.7. The molecule has 1 atom stereocenters. The Morgan fingerprint density at radius 1 is 1.48 bits per heavy atom. The molecule has 0 spiro atoms. The summed E-state index contributed by atoms with van der Waals surface area (Å²) >= 11 is 0. The molecule has 1 heterocycles. The van der Waals surface area contributed by atoms with Crippen LogP contribution in [0, 0.1) is 17.7 Å². The number of aliphatic hydroxyl groups is 1. The number of ether oxygens (including phenoxy) is 2. The fraction of sp³-hybridized carbons (Fsp3) is 0.400. The molecular weight excluding hydrogens is 277 g/mol. The SMILES string of the molecule is O=C(NCC1COCCO1)c1cc(F)ccc1C#CCO. The molecule has 1 aromatic carbocycles. The van der Waals surface area contributed by atoms with E-state index in [9.17, 15) is 9.18 Å². The maximum Gasteiger partial charge on any atom is 0.252 e. The molecule has 1 fully saturated rings. The van der Waals surface area contributed by atoms with Gasteiger partial charge in [0.25, 0.3) is 5.91 Å². The zero-order valence-corrected chi connectivity index (χ0v) is 11.4. The third-order valence-electron chi connectivity index (χ3n) is 2.90. The summed E-state index contributed by atoms with van der Waals surface area (Å²) < 4.78 is 23.9. The summed E-state index contributed by atoms with van der Waals surface area (Å²) in [6.45, 7) is 1.41. The topological polar surface area (TPSA) is 67.8 Å². The number of carbonyl (C=O) groups excluding carboxylic acids is 1. The van der Waals surface area contributed by atoms with Crippen molar-refractivity contribution in [3.05, 3.63) is 35.1 Å². The van der Waals surface area contributed by atoms with Crippen molar-refractivity contribution in [2.75, 3.05) is 33.0 Å². The van der Waals surface area contributed by atoms with Crippen LogP contribution in [-0.2, 0) is 9.47 Å². The van der Waals surface area contributed by atoms with E-state index in [1.807, 2.05) is 0 Å². The van der Waals surface area contributed by atoms with E-state index < -0.39 is 11.7 Å². The molecule has 1 saturated heterocycles. The van der Waals surface area contributed by atoms with Gasteiger partial charge in [-0.1, -0.05) is 11.8 Å². The number of amides is 1. The van der Waals surface area contributed by atoms with Gasteiger partial charge >= 0.3 is 0 Å². The van der Waals surface area contributed by atoms with Crippen LogP contribution in [0.2, 0.25) is 0 Å². The van der Waals surface area contributed by atoms with E-state index in [-0.39, 0.29) is 24.8 Å². The maximum atomic E-state index is 13.3. The Bertz CT molecular complexity index is 559. The lowest BCUT2D eigenvalue weighted by atomic mass is 10.1. The van der Waals surface area contributed by atoms with Gasteiger partial charge in [-0.2, -0.15) is 0 Å². The molecule has 112 valence electrons. The Kier molecular flexibility index (Phi) is 5.69. The monoisotopic (exact) mass is 293 g/mol. The molecule has 1 unspecified atom stereocenters. The second kappa shape index (κ2) is 7.74. The standard InChI is InChI=1S/C15H16FNO4/c16-12-4-3-11(2-1-5-18)14(8-12)15(19)17-9-13-10-20-6-7-21-13/h3-4,8,13,18H,5-7,9-10H2,(H,17,19). The molecule has 5 nitrogen and oxygen atoms in total. The Labute approximate surface area is 122 Å². The first-order valence-corrected chi connectivity index (χ1v) is 6.57. The molecule has 0 saturated carbocycles. The first kappa shape index (κ1) is 15.4. The minimum absolute atomic E-state index is 0.132. The number of rotatable bonds is 3. The first-order valence-electron chi connectivity index (χ1n) is 6.57. The third-order valence-corrected chi connectivity index (χ3v) is 2.90. The van der Waals surface area contributed by atoms with Crippen LogP contribution in [-0.4, -0.2) is 50.1 Å². The molecule has 0 aliphatic carbocycles. The molecule has 21 heavy (non-hydrogen) atoms. The van der Waals surface area contributed by atoms with Crippen molar-refractivity contribution in [3.8, 4) is 11.8 Å². The summed E-state index contributed by atoms with van der Waals surface area (Å²) in [5.41, 5.74) is 0.497. The van der Waals surface area contributed by atoms with Crippen molar-refractivity contribution >= 4 is 5.91 Å². The number of carbonyl (C=O) groups is 1. The van der Waals surface area contributed by atoms with Crippen LogP contribution in [0.3, 0.4) is 0 Å². The predicted molar refractivity (Wildman–Crippen MR) is 73.3 cm³/mol. The average molecular weight is 293 g/mol. The number of hydrogen-bond donors (Lipinski definition) is 2. The van der Waals surface area contributed by atoms with Crippen LogP contribution in [0.5, 0.6) is 0 Å². The Morgan fingerprint density at radius 3 is 3.05 bits per heavy atom. The van der Waals surface area contributed by atoms with Gasteiger partial charge in [0.15, 0.2) is 0 Å². The van der Waals surface area contributed by atoms with Crippen molar-refractivity contribution < 1.29 is 23.8 Å². The van der Waals surface area contributed by atoms with Crippen molar-refractivity contribution in [3.63, 3.8) is 0 Å². The summed E-state index contributed by atoms with van der Waals surface area (Å²) in [6.07, 6.45) is -0.205. The number of halogens is 1. The lowest BCUT2D eigenvalue weighted by Gasteiger charge is -2.23. The summed E-state index contributed by atoms with van der Waals surface area (Å²) in [4.78, 5) is 12.1. The van der Waals surface area contributed by atoms with E-state index in [1.165, 1.54) is 12.1 Å². The van der Waals surface area contributed by atoms with Crippen molar-refractivity contribution in [2.24, 2.45) is 0 Å². The minimum atomic E-state index is -0.521. The molecule has 2 N–H and O–H groups in total. The van der Waals surface area contributed by atoms with Crippen molar-refractivity contribution in [1.29, 1.82) is 0 Å². The van der Waals surface area contributed by atoms with Gasteiger partial charge in [0.05, 0.1) is 31.5 Å². The number of aliphatic hydroxyl groups excluding tert-OH is 1. The molecule has 1 amide bonds. The van der Waals surface area contributed by atoms with Gasteiger partial charge in [-0.05, 0) is 18.2 Å². The summed E-state index contributed by atoms with van der Waals surface area (Å²) in [5.74, 6) is 4.11. The van der Waals surface area contributed by atoms with Gasteiger partial charge < -0.3 is 19.9 Å². The van der Waals surface area contributed by atoms with Gasteiger partial charge in [0, 0.05) is 12.1 Å². The van der Waals surface area contributed by atoms with Crippen LogP contribution in [0.4, 0.5) is 4.39 Å². The third kappa shape index (κ3) is 4.53. The first-order chi connectivity index (χ1) is 10.2. The lowest BCUT2D eigenvalue weighted by Crippen LogP contribution is -2.39. The zero-order chi connectivity index (χ0) is 15.1. The average Bonchev–Trinajstić information content (AvgIpc) is 2.52. The molecular formula is C15H16FNO4. The highest BCUT2D eigenvalue weighted by molar-refractivity contribution is 5.96. The molecule has 1 aliphatic heterocycles. The molecule has 0 radical (unpaired) electrons. The fourth-order valence-electron chi connectivity index (χ4n) is 1.90. The predicted octanol–water partition coefficient (Wildman–Crippen LogP) is 0.315. The molecule has 1 aromatic rings. The second-order valence-electron chi connectivity index (χ2n) is 4.43. The van der Waals surface area contributed by atoms with Crippen LogP contribution in [0.1, 0.15) is 15.9 Å². The lowest BCUT2D eigenvalue weighted by molar-refractivity contribution is -0.0855. The highest BCUT2D eigenvalue weighted by Crippen LogP contribution is 2.11. The molecule has 6 heteroatoms. The fourth-order valence-corrected chi connectivity index (χ4v) is 1.90. The Balaban J connectivity index is 2.04.